The topological polar surface area (TPSA) is 60.4 Å². The maximum Gasteiger partial charge on any atom is 0.338 e. The SMILES string of the molecule is CC(=O)[C@H]1CC[C@H]2[C@@H]3C=CC4=CC(=O)CC[C@@]4(C)[C@@H]3[C@@H](OC(=O)c3ccccc3)C[C@]12C. The lowest BCUT2D eigenvalue weighted by Gasteiger charge is -2.58. The third kappa shape index (κ3) is 3.14. The van der Waals surface area contributed by atoms with Gasteiger partial charge in [0.25, 0.3) is 0 Å². The number of ketones is 2. The van der Waals surface area contributed by atoms with Crippen LogP contribution in [0.4, 0.5) is 0 Å². The van der Waals surface area contributed by atoms with Crippen molar-refractivity contribution >= 4 is 17.5 Å². The Bertz CT molecular complexity index is 1020. The van der Waals surface area contributed by atoms with E-state index in [0.29, 0.717) is 24.3 Å². The van der Waals surface area contributed by atoms with Crippen LogP contribution in [0.15, 0.2) is 54.1 Å². The number of benzene rings is 1. The van der Waals surface area contributed by atoms with Gasteiger partial charge in [-0.25, -0.2) is 4.79 Å². The van der Waals surface area contributed by atoms with E-state index < -0.39 is 0 Å². The molecular weight excluding hydrogens is 400 g/mol. The molecule has 0 aliphatic heterocycles. The predicted molar refractivity (Wildman–Crippen MR) is 122 cm³/mol. The molecule has 7 atom stereocenters. The fourth-order valence-corrected chi connectivity index (χ4v) is 7.65. The van der Waals surface area contributed by atoms with Gasteiger partial charge in [0.05, 0.1) is 5.56 Å². The van der Waals surface area contributed by atoms with Gasteiger partial charge in [-0.3, -0.25) is 9.59 Å². The van der Waals surface area contributed by atoms with Crippen LogP contribution in [0, 0.1) is 34.5 Å². The molecule has 4 nitrogen and oxygen atoms in total. The average molecular weight is 433 g/mol. The smallest absolute Gasteiger partial charge is 0.338 e. The molecule has 4 aliphatic carbocycles. The lowest BCUT2D eigenvalue weighted by molar-refractivity contribution is -0.135. The third-order valence-electron chi connectivity index (χ3n) is 9.19. The van der Waals surface area contributed by atoms with Crippen molar-refractivity contribution in [1.29, 1.82) is 0 Å². The monoisotopic (exact) mass is 432 g/mol. The molecule has 5 rings (SSSR count). The Morgan fingerprint density at radius 2 is 1.84 bits per heavy atom. The molecule has 0 heterocycles. The molecular formula is C28H32O4. The number of ether oxygens (including phenoxy) is 1. The van der Waals surface area contributed by atoms with Crippen molar-refractivity contribution in [2.45, 2.75) is 59.0 Å². The highest BCUT2D eigenvalue weighted by atomic mass is 16.5. The molecule has 0 aromatic heterocycles. The van der Waals surface area contributed by atoms with E-state index in [1.54, 1.807) is 25.1 Å². The van der Waals surface area contributed by atoms with E-state index in [9.17, 15) is 14.4 Å². The minimum Gasteiger partial charge on any atom is -0.458 e. The number of carbonyl (C=O) groups excluding carboxylic acids is 3. The summed E-state index contributed by atoms with van der Waals surface area (Å²) < 4.78 is 6.29. The maximum absolute atomic E-state index is 13.1. The summed E-state index contributed by atoms with van der Waals surface area (Å²) in [5, 5.41) is 0. The van der Waals surface area contributed by atoms with Gasteiger partial charge in [0, 0.05) is 18.3 Å². The molecule has 0 unspecified atom stereocenters. The van der Waals surface area contributed by atoms with Crippen molar-refractivity contribution in [3.8, 4) is 0 Å². The Hall–Kier alpha value is -2.49. The van der Waals surface area contributed by atoms with Gasteiger partial charge in [-0.15, -0.1) is 0 Å². The first-order valence-corrected chi connectivity index (χ1v) is 11.9. The molecule has 2 fully saturated rings. The quantitative estimate of drug-likeness (QED) is 0.605. The van der Waals surface area contributed by atoms with Crippen LogP contribution in [-0.2, 0) is 14.3 Å². The average Bonchev–Trinajstić information content (AvgIpc) is 3.11. The highest BCUT2D eigenvalue weighted by Gasteiger charge is 2.62. The standard InChI is InChI=1S/C28H32O4/c1-17(29)22-11-12-23-21-10-9-19-15-20(30)13-14-27(19,2)25(21)24(16-28(22,23)3)32-26(31)18-7-5-4-6-8-18/h4-10,15,21-25H,11-14,16H2,1-3H3/t21-,22+,23-,24-,25-,27+,28+/m0/s1. The van der Waals surface area contributed by atoms with Crippen LogP contribution in [0.1, 0.15) is 63.2 Å². The van der Waals surface area contributed by atoms with Crippen molar-refractivity contribution < 1.29 is 19.1 Å². The summed E-state index contributed by atoms with van der Waals surface area (Å²) in [7, 11) is 0. The molecule has 0 radical (unpaired) electrons. The van der Waals surface area contributed by atoms with Crippen LogP contribution in [0.5, 0.6) is 0 Å². The molecule has 0 bridgehead atoms. The number of allylic oxidation sites excluding steroid dienone is 4. The van der Waals surface area contributed by atoms with Crippen molar-refractivity contribution in [1.82, 2.24) is 0 Å². The molecule has 32 heavy (non-hydrogen) atoms. The number of carbonyl (C=O) groups is 3. The van der Waals surface area contributed by atoms with Crippen LogP contribution in [0.3, 0.4) is 0 Å². The summed E-state index contributed by atoms with van der Waals surface area (Å²) in [6, 6.07) is 9.15. The highest BCUT2D eigenvalue weighted by molar-refractivity contribution is 5.92. The van der Waals surface area contributed by atoms with Gasteiger partial charge in [-0.05, 0) is 79.1 Å². The summed E-state index contributed by atoms with van der Waals surface area (Å²) >= 11 is 0. The maximum atomic E-state index is 13.1. The molecule has 168 valence electrons. The number of fused-ring (bicyclic) bond motifs is 5. The van der Waals surface area contributed by atoms with Crippen molar-refractivity contribution in [3.63, 3.8) is 0 Å². The van der Waals surface area contributed by atoms with E-state index in [4.69, 9.17) is 4.74 Å². The second-order valence-corrected chi connectivity index (χ2v) is 10.8. The van der Waals surface area contributed by atoms with E-state index in [-0.39, 0.29) is 52.2 Å². The molecule has 0 spiro atoms. The Morgan fingerprint density at radius 3 is 2.56 bits per heavy atom. The number of esters is 1. The second kappa shape index (κ2) is 7.54. The Labute approximate surface area is 190 Å². The van der Waals surface area contributed by atoms with E-state index in [0.717, 1.165) is 24.8 Å². The van der Waals surface area contributed by atoms with Crippen LogP contribution in [0.25, 0.3) is 0 Å². The Balaban J connectivity index is 1.58. The zero-order chi connectivity index (χ0) is 22.7. The van der Waals surface area contributed by atoms with E-state index in [1.165, 1.54) is 0 Å². The van der Waals surface area contributed by atoms with Crippen LogP contribution in [-0.4, -0.2) is 23.6 Å². The molecule has 0 amide bonds. The zero-order valence-electron chi connectivity index (χ0n) is 19.2. The van der Waals surface area contributed by atoms with Crippen LogP contribution < -0.4 is 0 Å². The molecule has 1 aromatic rings. The minimum atomic E-state index is -0.302. The molecule has 4 aliphatic rings. The fourth-order valence-electron chi connectivity index (χ4n) is 7.65. The largest absolute Gasteiger partial charge is 0.458 e. The third-order valence-corrected chi connectivity index (χ3v) is 9.19. The van der Waals surface area contributed by atoms with Crippen LogP contribution in [0.2, 0.25) is 0 Å². The predicted octanol–water partition coefficient (Wildman–Crippen LogP) is 5.34. The molecule has 4 heteroatoms. The highest BCUT2D eigenvalue weighted by Crippen LogP contribution is 2.65. The number of hydrogen-bond acceptors (Lipinski definition) is 4. The van der Waals surface area contributed by atoms with Gasteiger partial charge in [0.2, 0.25) is 0 Å². The Morgan fingerprint density at radius 1 is 1.09 bits per heavy atom. The normalized spacial score (nSPS) is 40.0. The van der Waals surface area contributed by atoms with Gasteiger partial charge in [-0.2, -0.15) is 0 Å². The summed E-state index contributed by atoms with van der Waals surface area (Å²) in [6.45, 7) is 6.19. The number of hydrogen-bond donors (Lipinski definition) is 0. The van der Waals surface area contributed by atoms with Gasteiger partial charge < -0.3 is 4.74 Å². The molecule has 2 saturated carbocycles. The van der Waals surface area contributed by atoms with Crippen molar-refractivity contribution in [2.24, 2.45) is 34.5 Å². The van der Waals surface area contributed by atoms with Gasteiger partial charge in [0.15, 0.2) is 5.78 Å². The second-order valence-electron chi connectivity index (χ2n) is 10.8. The summed E-state index contributed by atoms with van der Waals surface area (Å²) in [4.78, 5) is 37.9. The first-order chi connectivity index (χ1) is 15.2. The van der Waals surface area contributed by atoms with Crippen molar-refractivity contribution in [3.05, 3.63) is 59.7 Å². The zero-order valence-corrected chi connectivity index (χ0v) is 19.2. The summed E-state index contributed by atoms with van der Waals surface area (Å²) in [6.07, 6.45) is 9.85. The van der Waals surface area contributed by atoms with E-state index in [1.807, 2.05) is 18.2 Å². The van der Waals surface area contributed by atoms with Gasteiger partial charge in [-0.1, -0.05) is 44.2 Å². The number of Topliss-reactive ketones (excluding diaryl/α,β-unsaturated/α-hetero) is 1. The fraction of sp³-hybridized carbons (Fsp3) is 0.536. The lowest BCUT2D eigenvalue weighted by atomic mass is 9.47. The molecule has 1 aromatic carbocycles. The van der Waals surface area contributed by atoms with E-state index in [2.05, 4.69) is 26.0 Å². The lowest BCUT2D eigenvalue weighted by Crippen LogP contribution is -2.56. The van der Waals surface area contributed by atoms with Gasteiger partial charge in [0.1, 0.15) is 11.9 Å². The molecule has 0 saturated heterocycles. The molecule has 0 N–H and O–H groups in total. The van der Waals surface area contributed by atoms with Gasteiger partial charge >= 0.3 is 5.97 Å². The van der Waals surface area contributed by atoms with E-state index >= 15 is 0 Å². The van der Waals surface area contributed by atoms with Crippen molar-refractivity contribution in [2.75, 3.05) is 0 Å². The van der Waals surface area contributed by atoms with Crippen LogP contribution >= 0.6 is 0 Å². The first-order valence-electron chi connectivity index (χ1n) is 11.9. The first kappa shape index (κ1) is 21.4. The number of rotatable bonds is 3. The summed E-state index contributed by atoms with van der Waals surface area (Å²) in [5.41, 5.74) is 1.24. The summed E-state index contributed by atoms with van der Waals surface area (Å²) in [5.74, 6) is 0.875. The minimum absolute atomic E-state index is 0.0115. The Kier molecular flexibility index (Phi) is 5.03.